The molecule has 0 aromatic heterocycles. The van der Waals surface area contributed by atoms with Gasteiger partial charge in [0.1, 0.15) is 11.5 Å². The van der Waals surface area contributed by atoms with Gasteiger partial charge in [0.05, 0.1) is 6.04 Å². The van der Waals surface area contributed by atoms with E-state index >= 15 is 0 Å². The number of ketones is 1. The number of Topliss-reactive ketones (excluding diaryl/α,β-unsaturated/α-hetero) is 1. The van der Waals surface area contributed by atoms with Gasteiger partial charge in [-0.25, -0.2) is 9.69 Å². The number of ether oxygens (including phenoxy) is 1. The first-order valence-electron chi connectivity index (χ1n) is 9.84. The number of fused-ring (bicyclic) bond motifs is 2. The van der Waals surface area contributed by atoms with E-state index in [9.17, 15) is 14.4 Å². The molecule has 4 rings (SSSR count). The van der Waals surface area contributed by atoms with Crippen molar-refractivity contribution >= 4 is 17.8 Å². The molecule has 3 aliphatic rings. The first kappa shape index (κ1) is 18.2. The van der Waals surface area contributed by atoms with Gasteiger partial charge in [-0.1, -0.05) is 43.7 Å². The standard InChI is InChI=1S/C21H26N2O4/c1-3-22-12-16-10-7-11-21(13-22,18(16)24)19(25)23-14(2)17(27-20(23)26)15-8-5-4-6-9-15/h4-6,8-9,14,16-17H,3,7,10-13H2,1-2H3/t14-,16+,17-,21+/m1/s1. The molecule has 1 aliphatic carbocycles. The van der Waals surface area contributed by atoms with Crippen LogP contribution >= 0.6 is 0 Å². The van der Waals surface area contributed by atoms with Gasteiger partial charge in [-0.2, -0.15) is 0 Å². The van der Waals surface area contributed by atoms with Gasteiger partial charge in [-0.05, 0) is 31.9 Å². The molecule has 4 atom stereocenters. The van der Waals surface area contributed by atoms with Crippen molar-refractivity contribution in [3.8, 4) is 0 Å². The molecule has 2 aliphatic heterocycles. The summed E-state index contributed by atoms with van der Waals surface area (Å²) in [6.45, 7) is 5.79. The number of hydrogen-bond donors (Lipinski definition) is 0. The van der Waals surface area contributed by atoms with E-state index < -0.39 is 23.7 Å². The number of carbonyl (C=O) groups excluding carboxylic acids is 3. The average molecular weight is 370 g/mol. The van der Waals surface area contributed by atoms with Crippen molar-refractivity contribution in [3.05, 3.63) is 35.9 Å². The Bertz CT molecular complexity index is 765. The Kier molecular flexibility index (Phi) is 4.54. The van der Waals surface area contributed by atoms with Crippen molar-refractivity contribution in [2.45, 2.75) is 45.3 Å². The van der Waals surface area contributed by atoms with Gasteiger partial charge >= 0.3 is 6.09 Å². The molecule has 2 heterocycles. The SMILES string of the molecule is CCN1C[C@@H]2CCC[C@](C(=O)N3C(=O)O[C@@H](c4ccccc4)[C@H]3C)(C1)C2=O. The zero-order chi connectivity index (χ0) is 19.2. The van der Waals surface area contributed by atoms with Crippen molar-refractivity contribution in [1.82, 2.24) is 9.80 Å². The summed E-state index contributed by atoms with van der Waals surface area (Å²) in [6, 6.07) is 9.01. The summed E-state index contributed by atoms with van der Waals surface area (Å²) in [4.78, 5) is 42.7. The van der Waals surface area contributed by atoms with E-state index in [1.807, 2.05) is 44.2 Å². The van der Waals surface area contributed by atoms with E-state index in [2.05, 4.69) is 4.90 Å². The Hall–Kier alpha value is -2.21. The molecule has 0 N–H and O–H groups in total. The van der Waals surface area contributed by atoms with Gasteiger partial charge in [0.2, 0.25) is 5.91 Å². The molecule has 1 aromatic rings. The van der Waals surface area contributed by atoms with Crippen LogP contribution in [0, 0.1) is 11.3 Å². The molecular formula is C21H26N2O4. The van der Waals surface area contributed by atoms with Crippen LogP contribution < -0.4 is 0 Å². The Balaban J connectivity index is 1.65. The van der Waals surface area contributed by atoms with E-state index in [1.54, 1.807) is 0 Å². The summed E-state index contributed by atoms with van der Waals surface area (Å²) in [5, 5.41) is 0. The van der Waals surface area contributed by atoms with Gasteiger partial charge in [0.25, 0.3) is 0 Å². The van der Waals surface area contributed by atoms with Crippen LogP contribution in [0.3, 0.4) is 0 Å². The third-order valence-corrected chi connectivity index (χ3v) is 6.44. The molecule has 6 nitrogen and oxygen atoms in total. The van der Waals surface area contributed by atoms with Crippen LogP contribution in [0.5, 0.6) is 0 Å². The maximum atomic E-state index is 13.6. The fourth-order valence-corrected chi connectivity index (χ4v) is 4.96. The number of carbonyl (C=O) groups is 3. The number of rotatable bonds is 3. The lowest BCUT2D eigenvalue weighted by Gasteiger charge is -2.48. The first-order valence-corrected chi connectivity index (χ1v) is 9.84. The molecule has 144 valence electrons. The van der Waals surface area contributed by atoms with Crippen LogP contribution in [0.25, 0.3) is 0 Å². The lowest BCUT2D eigenvalue weighted by Crippen LogP contribution is -2.63. The second-order valence-corrected chi connectivity index (χ2v) is 7.99. The Morgan fingerprint density at radius 3 is 2.70 bits per heavy atom. The summed E-state index contributed by atoms with van der Waals surface area (Å²) in [6.07, 6.45) is 1.05. The molecule has 0 spiro atoms. The van der Waals surface area contributed by atoms with Crippen molar-refractivity contribution in [2.24, 2.45) is 11.3 Å². The maximum Gasteiger partial charge on any atom is 0.417 e. The van der Waals surface area contributed by atoms with Gasteiger partial charge in [-0.15, -0.1) is 0 Å². The molecule has 2 amide bonds. The van der Waals surface area contributed by atoms with Crippen molar-refractivity contribution < 1.29 is 19.1 Å². The Labute approximate surface area is 159 Å². The highest BCUT2D eigenvalue weighted by Gasteiger charge is 2.59. The molecule has 0 radical (unpaired) electrons. The van der Waals surface area contributed by atoms with Gasteiger partial charge in [0, 0.05) is 19.0 Å². The highest BCUT2D eigenvalue weighted by Crippen LogP contribution is 2.45. The monoisotopic (exact) mass is 370 g/mol. The van der Waals surface area contributed by atoms with Gasteiger partial charge in [0.15, 0.2) is 5.78 Å². The normalized spacial score (nSPS) is 33.9. The molecule has 3 fully saturated rings. The third-order valence-electron chi connectivity index (χ3n) is 6.44. The van der Waals surface area contributed by atoms with Gasteiger partial charge in [-0.3, -0.25) is 9.59 Å². The second-order valence-electron chi connectivity index (χ2n) is 7.99. The minimum absolute atomic E-state index is 0.0200. The van der Waals surface area contributed by atoms with E-state index in [-0.39, 0.29) is 17.6 Å². The minimum atomic E-state index is -1.10. The van der Waals surface area contributed by atoms with Crippen molar-refractivity contribution in [3.63, 3.8) is 0 Å². The predicted octanol–water partition coefficient (Wildman–Crippen LogP) is 2.79. The fourth-order valence-electron chi connectivity index (χ4n) is 4.96. The van der Waals surface area contributed by atoms with E-state index in [0.717, 1.165) is 31.5 Å². The fraction of sp³-hybridized carbons (Fsp3) is 0.571. The van der Waals surface area contributed by atoms with Crippen molar-refractivity contribution in [2.75, 3.05) is 19.6 Å². The van der Waals surface area contributed by atoms with Gasteiger partial charge < -0.3 is 9.64 Å². The summed E-state index contributed by atoms with van der Waals surface area (Å²) in [5.74, 6) is -0.451. The largest absolute Gasteiger partial charge is 0.439 e. The summed E-state index contributed by atoms with van der Waals surface area (Å²) < 4.78 is 5.55. The number of likely N-dealkylation sites (tertiary alicyclic amines) is 1. The Morgan fingerprint density at radius 1 is 1.26 bits per heavy atom. The molecule has 6 heteroatoms. The molecule has 2 bridgehead atoms. The number of hydrogen-bond acceptors (Lipinski definition) is 5. The topological polar surface area (TPSA) is 66.9 Å². The van der Waals surface area contributed by atoms with Crippen LogP contribution in [-0.4, -0.2) is 53.3 Å². The Morgan fingerprint density at radius 2 is 2.00 bits per heavy atom. The van der Waals surface area contributed by atoms with E-state index in [1.165, 1.54) is 4.90 Å². The zero-order valence-corrected chi connectivity index (χ0v) is 15.9. The minimum Gasteiger partial charge on any atom is -0.439 e. The number of cyclic esters (lactones) is 1. The smallest absolute Gasteiger partial charge is 0.417 e. The molecule has 0 unspecified atom stereocenters. The summed E-state index contributed by atoms with van der Waals surface area (Å²) in [7, 11) is 0. The van der Waals surface area contributed by atoms with Crippen molar-refractivity contribution in [1.29, 1.82) is 0 Å². The summed E-state index contributed by atoms with van der Waals surface area (Å²) in [5.41, 5.74) is -0.242. The number of amides is 2. The highest BCUT2D eigenvalue weighted by molar-refractivity contribution is 6.12. The van der Waals surface area contributed by atoms with E-state index in [4.69, 9.17) is 4.74 Å². The number of benzene rings is 1. The third kappa shape index (κ3) is 2.78. The highest BCUT2D eigenvalue weighted by atomic mass is 16.6. The lowest BCUT2D eigenvalue weighted by atomic mass is 9.64. The average Bonchev–Trinajstić information content (AvgIpc) is 2.96. The maximum absolute atomic E-state index is 13.6. The van der Waals surface area contributed by atoms with Crippen LogP contribution in [0.4, 0.5) is 4.79 Å². The lowest BCUT2D eigenvalue weighted by molar-refractivity contribution is -0.159. The quantitative estimate of drug-likeness (QED) is 0.766. The molecule has 27 heavy (non-hydrogen) atoms. The number of piperidine rings is 1. The molecule has 2 saturated heterocycles. The number of nitrogens with zero attached hydrogens (tertiary/aromatic N) is 2. The van der Waals surface area contributed by atoms with Crippen LogP contribution in [-0.2, 0) is 14.3 Å². The summed E-state index contributed by atoms with van der Waals surface area (Å²) >= 11 is 0. The molecular weight excluding hydrogens is 344 g/mol. The number of imide groups is 1. The first-order chi connectivity index (χ1) is 13.0. The van der Waals surface area contributed by atoms with Crippen LogP contribution in [0.2, 0.25) is 0 Å². The molecule has 1 saturated carbocycles. The van der Waals surface area contributed by atoms with E-state index in [0.29, 0.717) is 13.0 Å². The zero-order valence-electron chi connectivity index (χ0n) is 15.9. The second kappa shape index (κ2) is 6.75. The van der Waals surface area contributed by atoms with Crippen LogP contribution in [0.15, 0.2) is 30.3 Å². The van der Waals surface area contributed by atoms with Crippen LogP contribution in [0.1, 0.15) is 44.8 Å². The predicted molar refractivity (Wildman–Crippen MR) is 98.9 cm³/mol. The molecule has 1 aromatic carbocycles.